The lowest BCUT2D eigenvalue weighted by Crippen LogP contribution is -2.34. The van der Waals surface area contributed by atoms with Gasteiger partial charge >= 0.3 is 0 Å². The first kappa shape index (κ1) is 22.6. The molecule has 0 aliphatic carbocycles. The number of halogens is 1. The molecule has 2 aromatic heterocycles. The molecule has 0 aliphatic heterocycles. The highest BCUT2D eigenvalue weighted by Crippen LogP contribution is 2.32. The van der Waals surface area contributed by atoms with Crippen LogP contribution >= 0.6 is 34.7 Å². The number of carbonyl (C=O) groups excluding carboxylic acids is 1. The summed E-state index contributed by atoms with van der Waals surface area (Å²) in [6, 6.07) is 15.4. The molecule has 0 radical (unpaired) electrons. The Morgan fingerprint density at radius 1 is 1.25 bits per heavy atom. The summed E-state index contributed by atoms with van der Waals surface area (Å²) in [7, 11) is 1.64. The number of amides is 1. The average molecular weight is 487 g/mol. The van der Waals surface area contributed by atoms with E-state index in [4.69, 9.17) is 21.3 Å². The normalized spacial score (nSPS) is 11.1. The number of hydrogen-bond donors (Lipinski definition) is 0. The average Bonchev–Trinajstić information content (AvgIpc) is 3.47. The molecule has 4 aromatic rings. The highest BCUT2D eigenvalue weighted by atomic mass is 35.5. The smallest absolute Gasteiger partial charge is 0.228 e. The van der Waals surface area contributed by atoms with E-state index >= 15 is 0 Å². The molecule has 1 amide bonds. The lowest BCUT2D eigenvalue weighted by atomic mass is 10.3. The number of thioether (sulfide) groups is 1. The number of thiazole rings is 1. The summed E-state index contributed by atoms with van der Waals surface area (Å²) in [5, 5.41) is 5.69. The first-order valence-corrected chi connectivity index (χ1v) is 12.4. The summed E-state index contributed by atoms with van der Waals surface area (Å²) in [6.07, 6.45) is 4.88. The number of fused-ring (bicyclic) bond motifs is 1. The van der Waals surface area contributed by atoms with Gasteiger partial charge in [0, 0.05) is 35.3 Å². The minimum Gasteiger partial charge on any atom is -0.497 e. The van der Waals surface area contributed by atoms with Crippen LogP contribution in [0.3, 0.4) is 0 Å². The third-order valence-electron chi connectivity index (χ3n) is 4.85. The fraction of sp³-hybridized carbons (Fsp3) is 0.261. The van der Waals surface area contributed by atoms with Gasteiger partial charge < -0.3 is 4.74 Å². The van der Waals surface area contributed by atoms with E-state index in [0.717, 1.165) is 38.1 Å². The monoisotopic (exact) mass is 486 g/mol. The molecule has 2 aromatic carbocycles. The Morgan fingerprint density at radius 3 is 2.84 bits per heavy atom. The second-order valence-electron chi connectivity index (χ2n) is 7.05. The van der Waals surface area contributed by atoms with Gasteiger partial charge in [0.15, 0.2) is 5.13 Å². The number of aromatic nitrogens is 3. The zero-order valence-electron chi connectivity index (χ0n) is 17.6. The van der Waals surface area contributed by atoms with Crippen LogP contribution in [0.5, 0.6) is 5.75 Å². The summed E-state index contributed by atoms with van der Waals surface area (Å²) in [4.78, 5) is 20.8. The highest BCUT2D eigenvalue weighted by Gasteiger charge is 2.20. The van der Waals surface area contributed by atoms with Crippen molar-refractivity contribution in [1.82, 2.24) is 14.8 Å². The molecule has 2 heterocycles. The molecule has 4 rings (SSSR count). The Kier molecular flexibility index (Phi) is 7.68. The number of nitrogens with zero attached hydrogens (tertiary/aromatic N) is 4. The molecule has 0 atom stereocenters. The van der Waals surface area contributed by atoms with Crippen molar-refractivity contribution in [3.8, 4) is 5.75 Å². The molecule has 0 unspecified atom stereocenters. The molecular weight excluding hydrogens is 464 g/mol. The summed E-state index contributed by atoms with van der Waals surface area (Å²) in [5.74, 6) is 1.71. The van der Waals surface area contributed by atoms with Crippen molar-refractivity contribution >= 4 is 56.0 Å². The van der Waals surface area contributed by atoms with Gasteiger partial charge in [-0.15, -0.1) is 11.8 Å². The van der Waals surface area contributed by atoms with Crippen LogP contribution in [0, 0.1) is 0 Å². The second kappa shape index (κ2) is 10.8. The number of hydrogen-bond acceptors (Lipinski definition) is 6. The zero-order valence-corrected chi connectivity index (χ0v) is 20.0. The van der Waals surface area contributed by atoms with Crippen molar-refractivity contribution in [1.29, 1.82) is 0 Å². The molecule has 0 fully saturated rings. The van der Waals surface area contributed by atoms with Gasteiger partial charge in [-0.3, -0.25) is 14.4 Å². The summed E-state index contributed by atoms with van der Waals surface area (Å²) < 4.78 is 8.14. The van der Waals surface area contributed by atoms with Gasteiger partial charge in [-0.2, -0.15) is 5.10 Å². The van der Waals surface area contributed by atoms with E-state index in [1.165, 1.54) is 11.3 Å². The topological polar surface area (TPSA) is 60.2 Å². The van der Waals surface area contributed by atoms with Gasteiger partial charge in [0.1, 0.15) is 5.75 Å². The van der Waals surface area contributed by atoms with Crippen LogP contribution in [0.15, 0.2) is 65.8 Å². The number of rotatable bonds is 10. The molecule has 0 N–H and O–H groups in total. The third-order valence-corrected chi connectivity index (χ3v) is 7.24. The fourth-order valence-corrected chi connectivity index (χ4v) is 5.19. The summed E-state index contributed by atoms with van der Waals surface area (Å²) in [6.45, 7) is 1.12. The fourth-order valence-electron chi connectivity index (χ4n) is 3.18. The summed E-state index contributed by atoms with van der Waals surface area (Å²) >= 11 is 9.17. The van der Waals surface area contributed by atoms with Gasteiger partial charge in [0.05, 0.1) is 23.9 Å². The predicted molar refractivity (Wildman–Crippen MR) is 132 cm³/mol. The van der Waals surface area contributed by atoms with Crippen LogP contribution < -0.4 is 9.64 Å². The van der Waals surface area contributed by atoms with Gasteiger partial charge in [0.2, 0.25) is 5.91 Å². The number of methoxy groups -OCH3 is 1. The van der Waals surface area contributed by atoms with E-state index in [9.17, 15) is 4.79 Å². The standard InChI is InChI=1S/C23H23ClN4O2S2/c1-30-18-7-10-20-21(16-18)32-23(26-20)28(14-13-27-12-3-11-25-27)22(29)4-2-15-31-19-8-5-17(24)6-9-19/h3,5-12,16H,2,4,13-15H2,1H3. The van der Waals surface area contributed by atoms with Crippen molar-refractivity contribution in [3.05, 3.63) is 65.9 Å². The van der Waals surface area contributed by atoms with Crippen LogP contribution in [0.1, 0.15) is 12.8 Å². The van der Waals surface area contributed by atoms with Gasteiger partial charge in [-0.1, -0.05) is 22.9 Å². The third kappa shape index (κ3) is 5.82. The predicted octanol–water partition coefficient (Wildman–Crippen LogP) is 5.76. The quantitative estimate of drug-likeness (QED) is 0.210. The Morgan fingerprint density at radius 2 is 2.09 bits per heavy atom. The molecule has 9 heteroatoms. The largest absolute Gasteiger partial charge is 0.497 e. The maximum Gasteiger partial charge on any atom is 0.228 e. The zero-order chi connectivity index (χ0) is 22.3. The second-order valence-corrected chi connectivity index (χ2v) is 9.66. The van der Waals surface area contributed by atoms with Crippen LogP contribution in [0.2, 0.25) is 5.02 Å². The Bertz CT molecular complexity index is 1160. The van der Waals surface area contributed by atoms with Crippen molar-refractivity contribution in [2.45, 2.75) is 24.3 Å². The van der Waals surface area contributed by atoms with E-state index < -0.39 is 0 Å². The summed E-state index contributed by atoms with van der Waals surface area (Å²) in [5.41, 5.74) is 0.862. The minimum atomic E-state index is 0.0693. The Hall–Kier alpha value is -2.55. The van der Waals surface area contributed by atoms with Crippen molar-refractivity contribution in [2.75, 3.05) is 24.3 Å². The first-order valence-electron chi connectivity index (χ1n) is 10.2. The molecule has 0 bridgehead atoms. The van der Waals surface area contributed by atoms with E-state index in [0.29, 0.717) is 24.6 Å². The lowest BCUT2D eigenvalue weighted by molar-refractivity contribution is -0.118. The van der Waals surface area contributed by atoms with Crippen LogP contribution in [0.4, 0.5) is 5.13 Å². The molecule has 0 saturated heterocycles. The maximum absolute atomic E-state index is 13.2. The van der Waals surface area contributed by atoms with E-state index in [2.05, 4.69) is 5.10 Å². The van der Waals surface area contributed by atoms with E-state index in [1.54, 1.807) is 30.0 Å². The Labute approximate surface area is 200 Å². The van der Waals surface area contributed by atoms with Gasteiger partial charge in [0.25, 0.3) is 0 Å². The molecule has 32 heavy (non-hydrogen) atoms. The molecule has 0 aliphatic rings. The minimum absolute atomic E-state index is 0.0693. The van der Waals surface area contributed by atoms with Crippen molar-refractivity contribution in [2.24, 2.45) is 0 Å². The van der Waals surface area contributed by atoms with Crippen LogP contribution in [-0.2, 0) is 11.3 Å². The Balaban J connectivity index is 1.43. The number of benzene rings is 2. The SMILES string of the molecule is COc1ccc2nc(N(CCn3cccn3)C(=O)CCCSc3ccc(Cl)cc3)sc2c1. The lowest BCUT2D eigenvalue weighted by Gasteiger charge is -2.20. The van der Waals surface area contributed by atoms with E-state index in [-0.39, 0.29) is 5.91 Å². The van der Waals surface area contributed by atoms with E-state index in [1.807, 2.05) is 59.4 Å². The van der Waals surface area contributed by atoms with Crippen molar-refractivity contribution < 1.29 is 9.53 Å². The highest BCUT2D eigenvalue weighted by molar-refractivity contribution is 7.99. The van der Waals surface area contributed by atoms with Gasteiger partial charge in [-0.05, 0) is 60.7 Å². The van der Waals surface area contributed by atoms with Crippen LogP contribution in [-0.4, -0.2) is 40.1 Å². The molecule has 6 nitrogen and oxygen atoms in total. The maximum atomic E-state index is 13.2. The number of anilines is 1. The first-order chi connectivity index (χ1) is 15.6. The molecular formula is C23H23ClN4O2S2. The van der Waals surface area contributed by atoms with Crippen molar-refractivity contribution in [3.63, 3.8) is 0 Å². The molecule has 0 spiro atoms. The van der Waals surface area contributed by atoms with Gasteiger partial charge in [-0.25, -0.2) is 4.98 Å². The molecule has 0 saturated carbocycles. The molecule has 166 valence electrons. The number of carbonyl (C=O) groups is 1. The number of ether oxygens (including phenoxy) is 1. The van der Waals surface area contributed by atoms with Crippen LogP contribution in [0.25, 0.3) is 10.2 Å².